The standard InChI is InChI=1S/C15H23N3/c1-17(2)10-6-9-16-11-13-12-18(3)15-8-5-4-7-14(13)15/h4-5,7-8,12,16H,6,9-11H2,1-3H3. The summed E-state index contributed by atoms with van der Waals surface area (Å²) in [5.41, 5.74) is 2.69. The Hall–Kier alpha value is -1.32. The van der Waals surface area contributed by atoms with Crippen molar-refractivity contribution in [3.05, 3.63) is 36.0 Å². The number of hydrogen-bond donors (Lipinski definition) is 1. The molecule has 0 radical (unpaired) electrons. The van der Waals surface area contributed by atoms with Crippen molar-refractivity contribution in [2.45, 2.75) is 13.0 Å². The average Bonchev–Trinajstić information content (AvgIpc) is 2.66. The first-order chi connectivity index (χ1) is 8.68. The average molecular weight is 245 g/mol. The fraction of sp³-hybridized carbons (Fsp3) is 0.467. The Kier molecular flexibility index (Phi) is 4.39. The zero-order chi connectivity index (χ0) is 13.0. The van der Waals surface area contributed by atoms with Gasteiger partial charge in [0.15, 0.2) is 0 Å². The molecule has 0 amide bonds. The molecule has 3 nitrogen and oxygen atoms in total. The van der Waals surface area contributed by atoms with E-state index in [4.69, 9.17) is 0 Å². The quantitative estimate of drug-likeness (QED) is 0.788. The Bertz CT molecular complexity index is 499. The molecule has 0 aliphatic heterocycles. The van der Waals surface area contributed by atoms with Gasteiger partial charge in [0, 0.05) is 30.7 Å². The van der Waals surface area contributed by atoms with Crippen molar-refractivity contribution in [3.8, 4) is 0 Å². The summed E-state index contributed by atoms with van der Waals surface area (Å²) < 4.78 is 2.20. The highest BCUT2D eigenvalue weighted by Gasteiger charge is 2.04. The first-order valence-electron chi connectivity index (χ1n) is 6.57. The van der Waals surface area contributed by atoms with Crippen LogP contribution in [0.2, 0.25) is 0 Å². The van der Waals surface area contributed by atoms with Gasteiger partial charge in [-0.3, -0.25) is 0 Å². The van der Waals surface area contributed by atoms with E-state index in [9.17, 15) is 0 Å². The molecule has 1 heterocycles. The topological polar surface area (TPSA) is 20.2 Å². The van der Waals surface area contributed by atoms with E-state index in [-0.39, 0.29) is 0 Å². The molecule has 0 aliphatic carbocycles. The van der Waals surface area contributed by atoms with Crippen LogP contribution in [0.25, 0.3) is 10.9 Å². The number of fused-ring (bicyclic) bond motifs is 1. The molecule has 0 atom stereocenters. The fourth-order valence-electron chi connectivity index (χ4n) is 2.31. The first-order valence-corrected chi connectivity index (χ1v) is 6.57. The summed E-state index contributed by atoms with van der Waals surface area (Å²) in [6.07, 6.45) is 3.42. The van der Waals surface area contributed by atoms with Gasteiger partial charge in [-0.1, -0.05) is 18.2 Å². The SMILES string of the molecule is CN(C)CCCNCc1cn(C)c2ccccc12. The maximum Gasteiger partial charge on any atom is 0.0481 e. The molecule has 0 bridgehead atoms. The molecule has 2 rings (SSSR count). The van der Waals surface area contributed by atoms with Gasteiger partial charge < -0.3 is 14.8 Å². The van der Waals surface area contributed by atoms with Gasteiger partial charge in [0.2, 0.25) is 0 Å². The van der Waals surface area contributed by atoms with Gasteiger partial charge in [-0.15, -0.1) is 0 Å². The molecule has 0 spiro atoms. The van der Waals surface area contributed by atoms with Crippen molar-refractivity contribution in [2.24, 2.45) is 7.05 Å². The van der Waals surface area contributed by atoms with E-state index < -0.39 is 0 Å². The van der Waals surface area contributed by atoms with E-state index in [1.165, 1.54) is 22.9 Å². The molecule has 1 aromatic carbocycles. The molecule has 0 saturated heterocycles. The predicted molar refractivity (Wildman–Crippen MR) is 77.8 cm³/mol. The van der Waals surface area contributed by atoms with E-state index in [1.807, 2.05) is 0 Å². The Morgan fingerprint density at radius 2 is 2.00 bits per heavy atom. The van der Waals surface area contributed by atoms with E-state index in [0.29, 0.717) is 0 Å². The molecule has 18 heavy (non-hydrogen) atoms. The zero-order valence-electron chi connectivity index (χ0n) is 11.6. The van der Waals surface area contributed by atoms with Crippen molar-refractivity contribution in [1.29, 1.82) is 0 Å². The third kappa shape index (κ3) is 3.12. The van der Waals surface area contributed by atoms with Gasteiger partial charge in [0.1, 0.15) is 0 Å². The van der Waals surface area contributed by atoms with Crippen molar-refractivity contribution in [2.75, 3.05) is 27.2 Å². The van der Waals surface area contributed by atoms with Gasteiger partial charge >= 0.3 is 0 Å². The maximum absolute atomic E-state index is 3.52. The Morgan fingerprint density at radius 1 is 1.22 bits per heavy atom. The van der Waals surface area contributed by atoms with Crippen LogP contribution >= 0.6 is 0 Å². The lowest BCUT2D eigenvalue weighted by atomic mass is 10.2. The molecule has 0 aliphatic rings. The summed E-state index contributed by atoms with van der Waals surface area (Å²) in [7, 11) is 6.34. The van der Waals surface area contributed by atoms with Gasteiger partial charge in [0.05, 0.1) is 0 Å². The van der Waals surface area contributed by atoms with Gasteiger partial charge in [0.25, 0.3) is 0 Å². The third-order valence-corrected chi connectivity index (χ3v) is 3.25. The number of rotatable bonds is 6. The van der Waals surface area contributed by atoms with E-state index in [1.54, 1.807) is 0 Å². The Morgan fingerprint density at radius 3 is 2.78 bits per heavy atom. The van der Waals surface area contributed by atoms with Crippen LogP contribution in [0.5, 0.6) is 0 Å². The molecule has 1 aromatic heterocycles. The highest BCUT2D eigenvalue weighted by molar-refractivity contribution is 5.83. The zero-order valence-corrected chi connectivity index (χ0v) is 11.6. The van der Waals surface area contributed by atoms with Crippen LogP contribution in [0.1, 0.15) is 12.0 Å². The molecule has 0 unspecified atom stereocenters. The van der Waals surface area contributed by atoms with Crippen molar-refractivity contribution < 1.29 is 0 Å². The summed E-state index contributed by atoms with van der Waals surface area (Å²) in [5, 5.41) is 4.88. The summed E-state index contributed by atoms with van der Waals surface area (Å²) in [6.45, 7) is 3.17. The monoisotopic (exact) mass is 245 g/mol. The number of benzene rings is 1. The highest BCUT2D eigenvalue weighted by atomic mass is 15.1. The van der Waals surface area contributed by atoms with Gasteiger partial charge in [-0.25, -0.2) is 0 Å². The minimum atomic E-state index is 0.953. The number of aryl methyl sites for hydroxylation is 1. The second-order valence-electron chi connectivity index (χ2n) is 5.12. The van der Waals surface area contributed by atoms with E-state index in [0.717, 1.165) is 19.6 Å². The minimum absolute atomic E-state index is 0.953. The van der Waals surface area contributed by atoms with Crippen LogP contribution in [-0.2, 0) is 13.6 Å². The van der Waals surface area contributed by atoms with Crippen molar-refractivity contribution >= 4 is 10.9 Å². The normalized spacial score (nSPS) is 11.6. The summed E-state index contributed by atoms with van der Waals surface area (Å²) in [5.74, 6) is 0. The highest BCUT2D eigenvalue weighted by Crippen LogP contribution is 2.19. The third-order valence-electron chi connectivity index (χ3n) is 3.25. The van der Waals surface area contributed by atoms with Crippen LogP contribution in [0.4, 0.5) is 0 Å². The van der Waals surface area contributed by atoms with Crippen LogP contribution < -0.4 is 5.32 Å². The largest absolute Gasteiger partial charge is 0.350 e. The summed E-state index contributed by atoms with van der Waals surface area (Å²) in [6, 6.07) is 8.57. The Labute approximate surface area is 109 Å². The van der Waals surface area contributed by atoms with Gasteiger partial charge in [-0.05, 0) is 45.2 Å². The van der Waals surface area contributed by atoms with Crippen LogP contribution in [-0.4, -0.2) is 36.7 Å². The van der Waals surface area contributed by atoms with E-state index >= 15 is 0 Å². The molecule has 0 fully saturated rings. The van der Waals surface area contributed by atoms with Gasteiger partial charge in [-0.2, -0.15) is 0 Å². The fourth-order valence-corrected chi connectivity index (χ4v) is 2.31. The molecular formula is C15H23N3. The lowest BCUT2D eigenvalue weighted by molar-refractivity contribution is 0.394. The van der Waals surface area contributed by atoms with Crippen LogP contribution in [0, 0.1) is 0 Å². The lowest BCUT2D eigenvalue weighted by Gasteiger charge is -2.09. The predicted octanol–water partition coefficient (Wildman–Crippen LogP) is 2.22. The van der Waals surface area contributed by atoms with E-state index in [2.05, 4.69) is 66.4 Å². The number of nitrogens with one attached hydrogen (secondary N) is 1. The smallest absolute Gasteiger partial charge is 0.0481 e. The first kappa shape index (κ1) is 13.1. The second-order valence-corrected chi connectivity index (χ2v) is 5.12. The molecule has 98 valence electrons. The molecular weight excluding hydrogens is 222 g/mol. The maximum atomic E-state index is 3.52. The minimum Gasteiger partial charge on any atom is -0.350 e. The molecule has 2 aromatic rings. The molecule has 1 N–H and O–H groups in total. The summed E-state index contributed by atoms with van der Waals surface area (Å²) in [4.78, 5) is 2.22. The number of hydrogen-bond acceptors (Lipinski definition) is 2. The number of nitrogens with zero attached hydrogens (tertiary/aromatic N) is 2. The number of aromatic nitrogens is 1. The number of para-hydroxylation sites is 1. The van der Waals surface area contributed by atoms with Crippen LogP contribution in [0.3, 0.4) is 0 Å². The Balaban J connectivity index is 1.92. The van der Waals surface area contributed by atoms with Crippen molar-refractivity contribution in [1.82, 2.24) is 14.8 Å². The van der Waals surface area contributed by atoms with Crippen molar-refractivity contribution in [3.63, 3.8) is 0 Å². The summed E-state index contributed by atoms with van der Waals surface area (Å²) >= 11 is 0. The lowest BCUT2D eigenvalue weighted by Crippen LogP contribution is -2.20. The van der Waals surface area contributed by atoms with Crippen LogP contribution in [0.15, 0.2) is 30.5 Å². The molecule has 3 heteroatoms. The second kappa shape index (κ2) is 6.03. The molecule has 0 saturated carbocycles.